The predicted molar refractivity (Wildman–Crippen MR) is 70.5 cm³/mol. The zero-order valence-corrected chi connectivity index (χ0v) is 11.2. The topological polar surface area (TPSA) is 12.0 Å². The molecular formula is C13H17Cl2N. The lowest BCUT2D eigenvalue weighted by molar-refractivity contribution is 0.554. The highest BCUT2D eigenvalue weighted by Gasteiger charge is 2.53. The van der Waals surface area contributed by atoms with E-state index in [2.05, 4.69) is 18.3 Å². The molecular weight excluding hydrogens is 241 g/mol. The Bertz CT molecular complexity index is 392. The number of nitrogens with one attached hydrogen (secondary N) is 1. The molecule has 1 aliphatic carbocycles. The summed E-state index contributed by atoms with van der Waals surface area (Å²) in [5.74, 6) is 0.775. The van der Waals surface area contributed by atoms with Crippen molar-refractivity contribution in [2.45, 2.75) is 25.2 Å². The highest BCUT2D eigenvalue weighted by atomic mass is 35.5. The van der Waals surface area contributed by atoms with Crippen LogP contribution in [0.1, 0.15) is 25.3 Å². The molecule has 0 amide bonds. The molecule has 0 heterocycles. The molecule has 2 unspecified atom stereocenters. The lowest BCUT2D eigenvalue weighted by Gasteiger charge is -2.18. The smallest absolute Gasteiger partial charge is 0.0595 e. The Balaban J connectivity index is 2.31. The first-order valence-electron chi connectivity index (χ1n) is 5.74. The summed E-state index contributed by atoms with van der Waals surface area (Å²) in [4.78, 5) is 0. The van der Waals surface area contributed by atoms with Crippen LogP contribution >= 0.6 is 23.2 Å². The summed E-state index contributed by atoms with van der Waals surface area (Å²) < 4.78 is 0. The second-order valence-corrected chi connectivity index (χ2v) is 5.44. The molecule has 1 N–H and O–H groups in total. The highest BCUT2D eigenvalue weighted by Crippen LogP contribution is 2.56. The Hall–Kier alpha value is -0.240. The molecule has 1 nitrogen and oxygen atoms in total. The minimum Gasteiger partial charge on any atom is -0.319 e. The number of halogens is 2. The van der Waals surface area contributed by atoms with E-state index >= 15 is 0 Å². The summed E-state index contributed by atoms with van der Waals surface area (Å²) in [5, 5.41) is 4.59. The second kappa shape index (κ2) is 4.56. The fourth-order valence-electron chi connectivity index (χ4n) is 2.71. The normalized spacial score (nSPS) is 28.1. The average Bonchev–Trinajstić information content (AvgIpc) is 2.97. The van der Waals surface area contributed by atoms with E-state index in [1.54, 1.807) is 0 Å². The molecule has 0 aromatic heterocycles. The Labute approximate surface area is 107 Å². The van der Waals surface area contributed by atoms with Gasteiger partial charge in [-0.1, -0.05) is 42.6 Å². The molecule has 2 rings (SSSR count). The van der Waals surface area contributed by atoms with Crippen molar-refractivity contribution in [1.82, 2.24) is 5.32 Å². The molecule has 1 aromatic carbocycles. The van der Waals surface area contributed by atoms with Crippen LogP contribution in [0.5, 0.6) is 0 Å². The van der Waals surface area contributed by atoms with Crippen LogP contribution in [0.4, 0.5) is 0 Å². The lowest BCUT2D eigenvalue weighted by Crippen LogP contribution is -2.25. The van der Waals surface area contributed by atoms with Gasteiger partial charge >= 0.3 is 0 Å². The molecule has 0 spiro atoms. The summed E-state index contributed by atoms with van der Waals surface area (Å²) in [5.41, 5.74) is 1.61. The molecule has 1 aromatic rings. The average molecular weight is 258 g/mol. The van der Waals surface area contributed by atoms with Crippen molar-refractivity contribution in [3.63, 3.8) is 0 Å². The standard InChI is InChI=1S/C13H17Cl2N/c1-3-9-7-13(9,8-16-2)10-4-5-11(14)12(15)6-10/h4-6,9,16H,3,7-8H2,1-2H3. The van der Waals surface area contributed by atoms with Gasteiger partial charge in [-0.3, -0.25) is 0 Å². The van der Waals surface area contributed by atoms with E-state index in [-0.39, 0.29) is 5.41 Å². The van der Waals surface area contributed by atoms with Crippen molar-refractivity contribution in [3.8, 4) is 0 Å². The summed E-state index contributed by atoms with van der Waals surface area (Å²) in [6, 6.07) is 6.04. The van der Waals surface area contributed by atoms with Gasteiger partial charge in [0.15, 0.2) is 0 Å². The molecule has 0 bridgehead atoms. The van der Waals surface area contributed by atoms with E-state index in [4.69, 9.17) is 23.2 Å². The molecule has 2 atom stereocenters. The van der Waals surface area contributed by atoms with Crippen molar-refractivity contribution in [2.24, 2.45) is 5.92 Å². The molecule has 88 valence electrons. The van der Waals surface area contributed by atoms with Crippen LogP contribution in [0, 0.1) is 5.92 Å². The largest absolute Gasteiger partial charge is 0.319 e. The van der Waals surface area contributed by atoms with Gasteiger partial charge in [0.1, 0.15) is 0 Å². The number of rotatable bonds is 4. The van der Waals surface area contributed by atoms with Gasteiger partial charge in [0.05, 0.1) is 10.0 Å². The number of benzene rings is 1. The van der Waals surface area contributed by atoms with Crippen molar-refractivity contribution >= 4 is 23.2 Å². The zero-order valence-electron chi connectivity index (χ0n) is 9.69. The molecule has 3 heteroatoms. The highest BCUT2D eigenvalue weighted by molar-refractivity contribution is 6.42. The quantitative estimate of drug-likeness (QED) is 0.864. The van der Waals surface area contributed by atoms with E-state index in [9.17, 15) is 0 Å². The molecule has 1 aliphatic rings. The summed E-state index contributed by atoms with van der Waals surface area (Å²) in [6.07, 6.45) is 2.48. The van der Waals surface area contributed by atoms with Crippen LogP contribution in [0.15, 0.2) is 18.2 Å². The molecule has 1 saturated carbocycles. The van der Waals surface area contributed by atoms with Gasteiger partial charge in [-0.05, 0) is 37.1 Å². The maximum absolute atomic E-state index is 6.09. The third-order valence-electron chi connectivity index (χ3n) is 3.71. The lowest BCUT2D eigenvalue weighted by atomic mass is 9.92. The van der Waals surface area contributed by atoms with Crippen LogP contribution in [-0.4, -0.2) is 13.6 Å². The maximum atomic E-state index is 6.09. The monoisotopic (exact) mass is 257 g/mol. The third-order valence-corrected chi connectivity index (χ3v) is 4.45. The van der Waals surface area contributed by atoms with Crippen LogP contribution in [0.25, 0.3) is 0 Å². The van der Waals surface area contributed by atoms with E-state index < -0.39 is 0 Å². The number of hydrogen-bond acceptors (Lipinski definition) is 1. The van der Waals surface area contributed by atoms with Crippen molar-refractivity contribution in [1.29, 1.82) is 0 Å². The minimum atomic E-state index is 0.289. The maximum Gasteiger partial charge on any atom is 0.0595 e. The molecule has 0 radical (unpaired) electrons. The molecule has 0 saturated heterocycles. The SMILES string of the molecule is CCC1CC1(CNC)c1ccc(Cl)c(Cl)c1. The van der Waals surface area contributed by atoms with Gasteiger partial charge in [0.2, 0.25) is 0 Å². The van der Waals surface area contributed by atoms with Crippen molar-refractivity contribution in [2.75, 3.05) is 13.6 Å². The zero-order chi connectivity index (χ0) is 11.8. The predicted octanol–water partition coefficient (Wildman–Crippen LogP) is 3.88. The molecule has 16 heavy (non-hydrogen) atoms. The Kier molecular flexibility index (Phi) is 3.48. The summed E-state index contributed by atoms with van der Waals surface area (Å²) in [6.45, 7) is 3.27. The van der Waals surface area contributed by atoms with Gasteiger partial charge in [0.25, 0.3) is 0 Å². The Morgan fingerprint density at radius 2 is 2.12 bits per heavy atom. The van der Waals surface area contributed by atoms with Gasteiger partial charge in [0, 0.05) is 12.0 Å². The first-order valence-corrected chi connectivity index (χ1v) is 6.49. The van der Waals surface area contributed by atoms with E-state index in [0.29, 0.717) is 10.0 Å². The van der Waals surface area contributed by atoms with Crippen molar-refractivity contribution < 1.29 is 0 Å². The van der Waals surface area contributed by atoms with Crippen molar-refractivity contribution in [3.05, 3.63) is 33.8 Å². The molecule has 0 aliphatic heterocycles. The Morgan fingerprint density at radius 3 is 2.62 bits per heavy atom. The van der Waals surface area contributed by atoms with Crippen LogP contribution in [-0.2, 0) is 5.41 Å². The first-order chi connectivity index (χ1) is 7.64. The van der Waals surface area contributed by atoms with E-state index in [0.717, 1.165) is 12.5 Å². The third kappa shape index (κ3) is 1.97. The van der Waals surface area contributed by atoms with Gasteiger partial charge in [-0.15, -0.1) is 0 Å². The van der Waals surface area contributed by atoms with Gasteiger partial charge in [-0.2, -0.15) is 0 Å². The number of hydrogen-bond donors (Lipinski definition) is 1. The van der Waals surface area contributed by atoms with Crippen LogP contribution < -0.4 is 5.32 Å². The van der Waals surface area contributed by atoms with E-state index in [1.165, 1.54) is 18.4 Å². The summed E-state index contributed by atoms with van der Waals surface area (Å²) >= 11 is 12.0. The minimum absolute atomic E-state index is 0.289. The van der Waals surface area contributed by atoms with Gasteiger partial charge in [-0.25, -0.2) is 0 Å². The summed E-state index contributed by atoms with van der Waals surface area (Å²) in [7, 11) is 2.00. The molecule has 1 fully saturated rings. The number of likely N-dealkylation sites (N-methyl/N-ethyl adjacent to an activating group) is 1. The fourth-order valence-corrected chi connectivity index (χ4v) is 3.01. The Morgan fingerprint density at radius 1 is 1.38 bits per heavy atom. The fraction of sp³-hybridized carbons (Fsp3) is 0.538. The van der Waals surface area contributed by atoms with Crippen LogP contribution in [0.2, 0.25) is 10.0 Å². The van der Waals surface area contributed by atoms with Gasteiger partial charge < -0.3 is 5.32 Å². The second-order valence-electron chi connectivity index (χ2n) is 4.62. The first kappa shape index (κ1) is 12.2. The van der Waals surface area contributed by atoms with Crippen LogP contribution in [0.3, 0.4) is 0 Å². The van der Waals surface area contributed by atoms with E-state index in [1.807, 2.05) is 19.2 Å².